The lowest BCUT2D eigenvalue weighted by Crippen LogP contribution is -2.30. The predicted molar refractivity (Wildman–Crippen MR) is 71.9 cm³/mol. The molecule has 0 amide bonds. The highest BCUT2D eigenvalue weighted by atomic mass is 16.5. The number of nitrogens with one attached hydrogen (secondary N) is 1. The third-order valence-electron chi connectivity index (χ3n) is 3.70. The van der Waals surface area contributed by atoms with E-state index in [4.69, 9.17) is 15.2 Å². The Hall–Kier alpha value is -1.42. The molecule has 1 aromatic rings. The van der Waals surface area contributed by atoms with Crippen LogP contribution in [0.15, 0.2) is 18.2 Å². The standard InChI is InChI=1S/C14H20N2O2/c1-2-17-12-6-9(15)5-10(7-12)16-13-8-11-3-4-14(13)18-11/h5-7,11,13-14,16H,2-4,8,15H2,1H3. The normalized spacial score (nSPS) is 29.5. The zero-order valence-corrected chi connectivity index (χ0v) is 10.7. The van der Waals surface area contributed by atoms with Crippen LogP contribution in [0, 0.1) is 0 Å². The summed E-state index contributed by atoms with van der Waals surface area (Å²) in [6, 6.07) is 6.23. The van der Waals surface area contributed by atoms with Gasteiger partial charge in [-0.05, 0) is 32.3 Å². The Kier molecular flexibility index (Phi) is 3.04. The molecule has 0 radical (unpaired) electrons. The largest absolute Gasteiger partial charge is 0.494 e. The minimum atomic E-state index is 0.368. The molecule has 2 aliphatic rings. The van der Waals surface area contributed by atoms with Gasteiger partial charge in [-0.25, -0.2) is 0 Å². The highest BCUT2D eigenvalue weighted by Crippen LogP contribution is 2.36. The van der Waals surface area contributed by atoms with Gasteiger partial charge in [0.25, 0.3) is 0 Å². The van der Waals surface area contributed by atoms with Crippen molar-refractivity contribution in [3.63, 3.8) is 0 Å². The van der Waals surface area contributed by atoms with Crippen LogP contribution in [0.3, 0.4) is 0 Å². The Balaban J connectivity index is 1.72. The van der Waals surface area contributed by atoms with Crippen molar-refractivity contribution in [3.8, 4) is 5.75 Å². The second-order valence-electron chi connectivity index (χ2n) is 5.08. The summed E-state index contributed by atoms with van der Waals surface area (Å²) in [6.45, 7) is 2.63. The Bertz CT molecular complexity index is 436. The van der Waals surface area contributed by atoms with Crippen LogP contribution in [0.5, 0.6) is 5.75 Å². The number of fused-ring (bicyclic) bond motifs is 2. The first kappa shape index (κ1) is 11.7. The molecule has 2 bridgehead atoms. The van der Waals surface area contributed by atoms with Gasteiger partial charge in [0, 0.05) is 23.5 Å². The maximum Gasteiger partial charge on any atom is 0.123 e. The van der Waals surface area contributed by atoms with Crippen molar-refractivity contribution in [1.29, 1.82) is 0 Å². The van der Waals surface area contributed by atoms with Crippen molar-refractivity contribution in [2.45, 2.75) is 44.4 Å². The van der Waals surface area contributed by atoms with Crippen LogP contribution < -0.4 is 15.8 Å². The van der Waals surface area contributed by atoms with E-state index in [0.29, 0.717) is 24.9 Å². The van der Waals surface area contributed by atoms with Crippen molar-refractivity contribution < 1.29 is 9.47 Å². The van der Waals surface area contributed by atoms with Gasteiger partial charge in [-0.15, -0.1) is 0 Å². The van der Waals surface area contributed by atoms with Gasteiger partial charge >= 0.3 is 0 Å². The van der Waals surface area contributed by atoms with E-state index >= 15 is 0 Å². The van der Waals surface area contributed by atoms with Crippen molar-refractivity contribution >= 4 is 11.4 Å². The third kappa shape index (κ3) is 2.25. The number of rotatable bonds is 4. The van der Waals surface area contributed by atoms with Crippen LogP contribution in [-0.2, 0) is 4.74 Å². The number of anilines is 2. The van der Waals surface area contributed by atoms with Crippen LogP contribution in [0.25, 0.3) is 0 Å². The number of hydrogen-bond acceptors (Lipinski definition) is 4. The van der Waals surface area contributed by atoms with Crippen molar-refractivity contribution in [2.75, 3.05) is 17.7 Å². The van der Waals surface area contributed by atoms with Crippen LogP contribution >= 0.6 is 0 Å². The summed E-state index contributed by atoms with van der Waals surface area (Å²) in [5.74, 6) is 0.823. The molecule has 3 N–H and O–H groups in total. The zero-order valence-electron chi connectivity index (χ0n) is 10.7. The molecule has 2 saturated heterocycles. The number of nitrogens with two attached hydrogens (primary N) is 1. The third-order valence-corrected chi connectivity index (χ3v) is 3.70. The summed E-state index contributed by atoms with van der Waals surface area (Å²) in [5.41, 5.74) is 7.65. The van der Waals surface area contributed by atoms with Crippen LogP contribution in [0.1, 0.15) is 26.2 Å². The summed E-state index contributed by atoms with van der Waals surface area (Å²) >= 11 is 0. The number of ether oxygens (including phenoxy) is 2. The molecule has 98 valence electrons. The minimum Gasteiger partial charge on any atom is -0.494 e. The summed E-state index contributed by atoms with van der Waals surface area (Å²) in [5, 5.41) is 3.53. The van der Waals surface area contributed by atoms with Crippen LogP contribution in [0.2, 0.25) is 0 Å². The van der Waals surface area contributed by atoms with E-state index in [1.54, 1.807) is 0 Å². The fraction of sp³-hybridized carbons (Fsp3) is 0.571. The van der Waals surface area contributed by atoms with Gasteiger partial charge in [0.1, 0.15) is 5.75 Å². The van der Waals surface area contributed by atoms with Crippen LogP contribution in [-0.4, -0.2) is 24.9 Å². The lowest BCUT2D eigenvalue weighted by atomic mass is 9.95. The molecule has 2 fully saturated rings. The fourth-order valence-corrected chi connectivity index (χ4v) is 2.96. The van der Waals surface area contributed by atoms with Gasteiger partial charge in [-0.3, -0.25) is 0 Å². The smallest absolute Gasteiger partial charge is 0.123 e. The zero-order chi connectivity index (χ0) is 12.5. The summed E-state index contributed by atoms with van der Waals surface area (Å²) in [7, 11) is 0. The highest BCUT2D eigenvalue weighted by Gasteiger charge is 2.40. The molecule has 4 nitrogen and oxygen atoms in total. The molecule has 3 atom stereocenters. The molecule has 1 aromatic carbocycles. The lowest BCUT2D eigenvalue weighted by molar-refractivity contribution is 0.102. The Labute approximate surface area is 107 Å². The van der Waals surface area contributed by atoms with E-state index in [1.165, 1.54) is 12.8 Å². The molecule has 18 heavy (non-hydrogen) atoms. The second-order valence-corrected chi connectivity index (χ2v) is 5.08. The van der Waals surface area contributed by atoms with E-state index in [1.807, 2.05) is 25.1 Å². The number of hydrogen-bond donors (Lipinski definition) is 2. The monoisotopic (exact) mass is 248 g/mol. The Morgan fingerprint density at radius 2 is 2.28 bits per heavy atom. The summed E-state index contributed by atoms with van der Waals surface area (Å²) < 4.78 is 11.3. The van der Waals surface area contributed by atoms with E-state index < -0.39 is 0 Å². The Morgan fingerprint density at radius 3 is 2.94 bits per heavy atom. The summed E-state index contributed by atoms with van der Waals surface area (Å²) in [6.07, 6.45) is 4.31. The second kappa shape index (κ2) is 4.69. The molecule has 0 spiro atoms. The maximum absolute atomic E-state index is 5.89. The average Bonchev–Trinajstić information content (AvgIpc) is 2.90. The first-order valence-electron chi connectivity index (χ1n) is 6.70. The van der Waals surface area contributed by atoms with E-state index in [0.717, 1.165) is 23.5 Å². The first-order valence-corrected chi connectivity index (χ1v) is 6.70. The molecule has 3 unspecified atom stereocenters. The first-order chi connectivity index (χ1) is 8.74. The molecule has 0 saturated carbocycles. The average molecular weight is 248 g/mol. The summed E-state index contributed by atoms with van der Waals surface area (Å²) in [4.78, 5) is 0. The van der Waals surface area contributed by atoms with Crippen molar-refractivity contribution in [3.05, 3.63) is 18.2 Å². The van der Waals surface area contributed by atoms with Crippen molar-refractivity contribution in [2.24, 2.45) is 0 Å². The SMILES string of the molecule is CCOc1cc(N)cc(NC2CC3CCC2O3)c1. The van der Waals surface area contributed by atoms with E-state index in [-0.39, 0.29) is 0 Å². The molecular formula is C14H20N2O2. The molecule has 0 aromatic heterocycles. The number of nitrogen functional groups attached to an aromatic ring is 1. The van der Waals surface area contributed by atoms with Crippen molar-refractivity contribution in [1.82, 2.24) is 0 Å². The van der Waals surface area contributed by atoms with Gasteiger partial charge < -0.3 is 20.5 Å². The van der Waals surface area contributed by atoms with Gasteiger partial charge in [0.15, 0.2) is 0 Å². The molecule has 4 heteroatoms. The highest BCUT2D eigenvalue weighted by molar-refractivity contribution is 5.59. The minimum absolute atomic E-state index is 0.368. The van der Waals surface area contributed by atoms with Gasteiger partial charge in [-0.1, -0.05) is 0 Å². The van der Waals surface area contributed by atoms with Gasteiger partial charge in [0.05, 0.1) is 24.9 Å². The van der Waals surface area contributed by atoms with Gasteiger partial charge in [-0.2, -0.15) is 0 Å². The predicted octanol–water partition coefficient (Wildman–Crippen LogP) is 2.40. The maximum atomic E-state index is 5.89. The van der Waals surface area contributed by atoms with Gasteiger partial charge in [0.2, 0.25) is 0 Å². The Morgan fingerprint density at radius 1 is 1.39 bits per heavy atom. The molecule has 3 rings (SSSR count). The fourth-order valence-electron chi connectivity index (χ4n) is 2.96. The molecule has 2 heterocycles. The van der Waals surface area contributed by atoms with Crippen LogP contribution in [0.4, 0.5) is 11.4 Å². The molecular weight excluding hydrogens is 228 g/mol. The molecule has 2 aliphatic heterocycles. The number of benzene rings is 1. The topological polar surface area (TPSA) is 56.5 Å². The quantitative estimate of drug-likeness (QED) is 0.803. The van der Waals surface area contributed by atoms with E-state index in [2.05, 4.69) is 5.32 Å². The lowest BCUT2D eigenvalue weighted by Gasteiger charge is -2.21. The van der Waals surface area contributed by atoms with E-state index in [9.17, 15) is 0 Å². The molecule has 0 aliphatic carbocycles.